The van der Waals surface area contributed by atoms with Crippen LogP contribution >= 0.6 is 0 Å². The summed E-state index contributed by atoms with van der Waals surface area (Å²) in [4.78, 5) is 11.0. The summed E-state index contributed by atoms with van der Waals surface area (Å²) in [7, 11) is 0. The summed E-state index contributed by atoms with van der Waals surface area (Å²) >= 11 is 0. The molecule has 4 heteroatoms. The average Bonchev–Trinajstić information content (AvgIpc) is 2.50. The molecule has 1 unspecified atom stereocenters. The third-order valence-corrected chi connectivity index (χ3v) is 2.20. The Morgan fingerprint density at radius 2 is 2.31 bits per heavy atom. The number of amides is 1. The van der Waals surface area contributed by atoms with Crippen LogP contribution in [0.4, 0.5) is 0 Å². The van der Waals surface area contributed by atoms with Crippen molar-refractivity contribution in [3.8, 4) is 0 Å². The summed E-state index contributed by atoms with van der Waals surface area (Å²) in [5.41, 5.74) is 6.98. The molecule has 0 spiro atoms. The van der Waals surface area contributed by atoms with Crippen LogP contribution in [0, 0.1) is 0 Å². The van der Waals surface area contributed by atoms with Crippen LogP contribution in [0.25, 0.3) is 0 Å². The zero-order chi connectivity index (χ0) is 9.90. The minimum absolute atomic E-state index is 0.520. The van der Waals surface area contributed by atoms with Gasteiger partial charge >= 0.3 is 0 Å². The molecule has 1 amide bonds. The lowest BCUT2D eigenvalue weighted by Crippen LogP contribution is -2.33. The summed E-state index contributed by atoms with van der Waals surface area (Å²) in [6.45, 7) is 3.89. The van der Waals surface area contributed by atoms with Crippen molar-refractivity contribution in [2.24, 2.45) is 10.2 Å². The quantitative estimate of drug-likeness (QED) is 0.653. The molecule has 1 aliphatic rings. The first kappa shape index (κ1) is 9.89. The second-order valence-corrected chi connectivity index (χ2v) is 3.19. The molecule has 0 fully saturated rings. The Morgan fingerprint density at radius 1 is 1.62 bits per heavy atom. The molecular formula is C9H14N3O. The first-order valence-corrected chi connectivity index (χ1v) is 4.55. The molecule has 1 heterocycles. The minimum atomic E-state index is -0.968. The summed E-state index contributed by atoms with van der Waals surface area (Å²) in [6, 6.07) is 0. The highest BCUT2D eigenvalue weighted by Crippen LogP contribution is 2.29. The Balaban J connectivity index is 2.84. The van der Waals surface area contributed by atoms with E-state index < -0.39 is 11.4 Å². The van der Waals surface area contributed by atoms with Crippen LogP contribution in [-0.4, -0.2) is 11.4 Å². The topological polar surface area (TPSA) is 65.6 Å². The molecule has 0 aromatic carbocycles. The van der Waals surface area contributed by atoms with Crippen LogP contribution in [0.5, 0.6) is 0 Å². The summed E-state index contributed by atoms with van der Waals surface area (Å²) in [6.07, 6.45) is 4.06. The Hall–Kier alpha value is -1.19. The lowest BCUT2D eigenvalue weighted by atomic mass is 9.95. The van der Waals surface area contributed by atoms with Crippen LogP contribution < -0.4 is 5.73 Å². The first-order valence-electron chi connectivity index (χ1n) is 4.55. The number of hydrogen-bond acceptors (Lipinski definition) is 3. The normalized spacial score (nSPS) is 26.2. The number of nitrogens with zero attached hydrogens (tertiary/aromatic N) is 2. The number of nitrogens with one attached hydrogen (secondary N) is 1. The van der Waals surface area contributed by atoms with Gasteiger partial charge in [-0.15, -0.1) is 0 Å². The van der Waals surface area contributed by atoms with Crippen LogP contribution in [0.1, 0.15) is 33.1 Å². The van der Waals surface area contributed by atoms with Gasteiger partial charge < -0.3 is 0 Å². The molecule has 1 aliphatic heterocycles. The molecule has 1 rings (SSSR count). The lowest BCUT2D eigenvalue weighted by Gasteiger charge is -2.13. The van der Waals surface area contributed by atoms with Crippen molar-refractivity contribution < 1.29 is 4.79 Å². The largest absolute Gasteiger partial charge is 0.272 e. The average molecular weight is 180 g/mol. The van der Waals surface area contributed by atoms with Crippen molar-refractivity contribution in [1.82, 2.24) is 5.73 Å². The number of carbonyl (C=O) groups is 1. The van der Waals surface area contributed by atoms with E-state index in [1.807, 2.05) is 13.8 Å². The van der Waals surface area contributed by atoms with Gasteiger partial charge in [0, 0.05) is 0 Å². The smallest absolute Gasteiger partial charge is 0.270 e. The van der Waals surface area contributed by atoms with E-state index in [-0.39, 0.29) is 0 Å². The fourth-order valence-corrected chi connectivity index (χ4v) is 1.31. The highest BCUT2D eigenvalue weighted by atomic mass is 16.1. The van der Waals surface area contributed by atoms with E-state index in [9.17, 15) is 4.79 Å². The van der Waals surface area contributed by atoms with E-state index in [0.29, 0.717) is 6.42 Å². The SMILES string of the molecule is CCCC1=CC(CC)(C([NH])=O)N=N1. The Morgan fingerprint density at radius 3 is 2.69 bits per heavy atom. The van der Waals surface area contributed by atoms with Crippen LogP contribution in [0.3, 0.4) is 0 Å². The van der Waals surface area contributed by atoms with Crippen molar-refractivity contribution in [2.75, 3.05) is 0 Å². The molecule has 13 heavy (non-hydrogen) atoms. The van der Waals surface area contributed by atoms with Crippen LogP contribution in [-0.2, 0) is 4.79 Å². The van der Waals surface area contributed by atoms with Crippen molar-refractivity contribution in [1.29, 1.82) is 0 Å². The van der Waals surface area contributed by atoms with Crippen LogP contribution in [0.15, 0.2) is 22.0 Å². The Bertz CT molecular complexity index is 270. The lowest BCUT2D eigenvalue weighted by molar-refractivity contribution is -0.122. The molecule has 0 aromatic heterocycles. The molecule has 1 atom stereocenters. The first-order chi connectivity index (χ1) is 6.14. The molecule has 0 aromatic rings. The second kappa shape index (κ2) is 3.68. The number of allylic oxidation sites excluding steroid dienone is 1. The summed E-state index contributed by atoms with van der Waals surface area (Å²) in [5.74, 6) is -0.662. The van der Waals surface area contributed by atoms with E-state index in [1.54, 1.807) is 6.08 Å². The van der Waals surface area contributed by atoms with Gasteiger partial charge in [-0.05, 0) is 18.9 Å². The van der Waals surface area contributed by atoms with E-state index in [4.69, 9.17) is 5.73 Å². The molecule has 1 radical (unpaired) electrons. The predicted molar refractivity (Wildman–Crippen MR) is 49.0 cm³/mol. The summed E-state index contributed by atoms with van der Waals surface area (Å²) in [5, 5.41) is 7.80. The molecule has 0 saturated carbocycles. The molecule has 4 nitrogen and oxygen atoms in total. The van der Waals surface area contributed by atoms with Crippen molar-refractivity contribution in [2.45, 2.75) is 38.6 Å². The Labute approximate surface area is 77.9 Å². The zero-order valence-corrected chi connectivity index (χ0v) is 8.00. The number of rotatable bonds is 4. The maximum Gasteiger partial charge on any atom is 0.272 e. The third kappa shape index (κ3) is 1.76. The van der Waals surface area contributed by atoms with Crippen molar-refractivity contribution in [3.05, 3.63) is 11.8 Å². The fourth-order valence-electron chi connectivity index (χ4n) is 1.31. The highest BCUT2D eigenvalue weighted by molar-refractivity contribution is 5.87. The van der Waals surface area contributed by atoms with Gasteiger partial charge in [-0.3, -0.25) is 10.5 Å². The fraction of sp³-hybridized carbons (Fsp3) is 0.667. The van der Waals surface area contributed by atoms with Gasteiger partial charge in [-0.2, -0.15) is 10.2 Å². The molecule has 71 valence electrons. The maximum atomic E-state index is 11.0. The van der Waals surface area contributed by atoms with Gasteiger partial charge in [0.15, 0.2) is 5.54 Å². The second-order valence-electron chi connectivity index (χ2n) is 3.19. The van der Waals surface area contributed by atoms with Gasteiger partial charge in [0.1, 0.15) is 0 Å². The van der Waals surface area contributed by atoms with Crippen LogP contribution in [0.2, 0.25) is 0 Å². The van der Waals surface area contributed by atoms with Gasteiger partial charge in [-0.1, -0.05) is 20.3 Å². The summed E-state index contributed by atoms with van der Waals surface area (Å²) < 4.78 is 0. The molecule has 1 N–H and O–H groups in total. The third-order valence-electron chi connectivity index (χ3n) is 2.20. The Kier molecular flexibility index (Phi) is 2.80. The number of azo groups is 1. The minimum Gasteiger partial charge on any atom is -0.270 e. The van der Waals surface area contributed by atoms with E-state index >= 15 is 0 Å². The standard InChI is InChI=1S/C9H14N3O/c1-3-5-7-6-9(4-2,8(10)13)12-11-7/h6,10H,3-5H2,1-2H3. The molecular weight excluding hydrogens is 166 g/mol. The maximum absolute atomic E-state index is 11.0. The number of hydrogen-bond donors (Lipinski definition) is 0. The molecule has 0 saturated heterocycles. The monoisotopic (exact) mass is 180 g/mol. The highest BCUT2D eigenvalue weighted by Gasteiger charge is 2.36. The zero-order valence-electron chi connectivity index (χ0n) is 8.00. The van der Waals surface area contributed by atoms with Gasteiger partial charge in [0.05, 0.1) is 5.70 Å². The molecule has 0 aliphatic carbocycles. The van der Waals surface area contributed by atoms with Gasteiger partial charge in [0.2, 0.25) is 0 Å². The van der Waals surface area contributed by atoms with E-state index in [0.717, 1.165) is 18.5 Å². The van der Waals surface area contributed by atoms with Gasteiger partial charge in [0.25, 0.3) is 5.91 Å². The van der Waals surface area contributed by atoms with Crippen molar-refractivity contribution >= 4 is 5.91 Å². The van der Waals surface area contributed by atoms with E-state index in [1.165, 1.54) is 0 Å². The van der Waals surface area contributed by atoms with Crippen molar-refractivity contribution in [3.63, 3.8) is 0 Å². The predicted octanol–water partition coefficient (Wildman–Crippen LogP) is 2.09. The number of carbonyl (C=O) groups excluding carboxylic acids is 1. The van der Waals surface area contributed by atoms with Gasteiger partial charge in [-0.25, -0.2) is 0 Å². The van der Waals surface area contributed by atoms with E-state index in [2.05, 4.69) is 10.2 Å². The molecule has 0 bridgehead atoms.